The molecule has 0 aliphatic carbocycles. The lowest BCUT2D eigenvalue weighted by molar-refractivity contribution is 0.184. The first-order valence-electron chi connectivity index (χ1n) is 6.22. The number of anilines is 1. The molecule has 0 bridgehead atoms. The molecule has 0 unspecified atom stereocenters. The highest BCUT2D eigenvalue weighted by Gasteiger charge is 2.14. The molecule has 102 valence electrons. The minimum atomic E-state index is 0.554. The second-order valence-electron chi connectivity index (χ2n) is 4.33. The smallest absolute Gasteiger partial charge is 0.241 e. The van der Waals surface area contributed by atoms with E-state index in [4.69, 9.17) is 15.2 Å². The molecule has 2 N–H and O–H groups in total. The quantitative estimate of drug-likeness (QED) is 0.898. The number of nitrogens with two attached hydrogens (primary N) is 1. The number of methoxy groups -OCH3 is 1. The normalized spacial score (nSPS) is 10.7. The van der Waals surface area contributed by atoms with Gasteiger partial charge in [0.25, 0.3) is 0 Å². The van der Waals surface area contributed by atoms with Crippen LogP contribution in [0.4, 0.5) is 5.69 Å². The van der Waals surface area contributed by atoms with Crippen LogP contribution in [0.1, 0.15) is 18.2 Å². The Bertz CT molecular complexity index is 564. The predicted octanol–water partition coefficient (Wildman–Crippen LogP) is 2.50. The highest BCUT2D eigenvalue weighted by atomic mass is 16.5. The van der Waals surface area contributed by atoms with Crippen molar-refractivity contribution in [3.05, 3.63) is 35.5 Å². The Morgan fingerprint density at radius 2 is 2.16 bits per heavy atom. The third-order valence-corrected chi connectivity index (χ3v) is 2.86. The molecule has 0 radical (unpaired) electrons. The molecule has 5 nitrogen and oxygen atoms in total. The van der Waals surface area contributed by atoms with Crippen molar-refractivity contribution in [2.75, 3.05) is 12.8 Å². The van der Waals surface area contributed by atoms with E-state index in [2.05, 4.69) is 5.10 Å². The zero-order valence-electron chi connectivity index (χ0n) is 11.5. The Hall–Kier alpha value is -2.01. The van der Waals surface area contributed by atoms with Crippen molar-refractivity contribution < 1.29 is 9.47 Å². The number of rotatable bonds is 5. The van der Waals surface area contributed by atoms with E-state index in [0.29, 0.717) is 18.2 Å². The topological polar surface area (TPSA) is 62.3 Å². The summed E-state index contributed by atoms with van der Waals surface area (Å²) in [5, 5.41) is 4.33. The zero-order chi connectivity index (χ0) is 13.8. The van der Waals surface area contributed by atoms with E-state index in [1.807, 2.05) is 38.2 Å². The summed E-state index contributed by atoms with van der Waals surface area (Å²) in [4.78, 5) is 0. The number of ether oxygens (including phenoxy) is 2. The van der Waals surface area contributed by atoms with Crippen LogP contribution in [0.25, 0.3) is 0 Å². The zero-order valence-corrected chi connectivity index (χ0v) is 11.5. The molecular formula is C14H19N3O2. The minimum absolute atomic E-state index is 0.554. The average molecular weight is 261 g/mol. The van der Waals surface area contributed by atoms with E-state index in [0.717, 1.165) is 23.4 Å². The van der Waals surface area contributed by atoms with Crippen LogP contribution in [0.3, 0.4) is 0 Å². The Morgan fingerprint density at radius 1 is 1.37 bits per heavy atom. The summed E-state index contributed by atoms with van der Waals surface area (Å²) in [7, 11) is 3.49. The van der Waals surface area contributed by atoms with Gasteiger partial charge in [0, 0.05) is 14.2 Å². The maximum absolute atomic E-state index is 6.03. The van der Waals surface area contributed by atoms with Crippen LogP contribution in [0.2, 0.25) is 0 Å². The van der Waals surface area contributed by atoms with Crippen molar-refractivity contribution in [3.8, 4) is 11.6 Å². The third kappa shape index (κ3) is 2.88. The third-order valence-electron chi connectivity index (χ3n) is 2.86. The molecule has 0 amide bonds. The van der Waals surface area contributed by atoms with Gasteiger partial charge < -0.3 is 15.2 Å². The summed E-state index contributed by atoms with van der Waals surface area (Å²) in [5.41, 5.74) is 8.53. The Balaban J connectivity index is 2.26. The monoisotopic (exact) mass is 261 g/mol. The number of nitrogens with zero attached hydrogens (tertiary/aromatic N) is 2. The Morgan fingerprint density at radius 3 is 2.79 bits per heavy atom. The lowest BCUT2D eigenvalue weighted by atomic mass is 10.2. The highest BCUT2D eigenvalue weighted by Crippen LogP contribution is 2.30. The second-order valence-corrected chi connectivity index (χ2v) is 4.33. The minimum Gasteiger partial charge on any atom is -0.437 e. The molecule has 0 aliphatic rings. The molecule has 0 fully saturated rings. The number of aromatic nitrogens is 2. The van der Waals surface area contributed by atoms with Crippen LogP contribution in [-0.4, -0.2) is 16.9 Å². The summed E-state index contributed by atoms with van der Waals surface area (Å²) >= 11 is 0. The van der Waals surface area contributed by atoms with Gasteiger partial charge in [-0.25, -0.2) is 4.68 Å². The first kappa shape index (κ1) is 13.4. The Kier molecular flexibility index (Phi) is 4.06. The van der Waals surface area contributed by atoms with E-state index in [9.17, 15) is 0 Å². The van der Waals surface area contributed by atoms with Gasteiger partial charge in [-0.05, 0) is 24.1 Å². The van der Waals surface area contributed by atoms with Gasteiger partial charge in [0.2, 0.25) is 5.88 Å². The van der Waals surface area contributed by atoms with Gasteiger partial charge >= 0.3 is 0 Å². The lowest BCUT2D eigenvalue weighted by Gasteiger charge is -2.08. The number of benzene rings is 1. The standard InChI is InChI=1S/C14H19N3O2/c1-4-12-13(15)14(17(2)16-12)19-11-7-5-6-10(8-11)9-18-3/h5-8H,4,9,15H2,1-3H3. The van der Waals surface area contributed by atoms with Crippen LogP contribution in [0, 0.1) is 0 Å². The molecule has 0 aliphatic heterocycles. The van der Waals surface area contributed by atoms with Gasteiger partial charge in [-0.15, -0.1) is 0 Å². The number of hydrogen-bond acceptors (Lipinski definition) is 4. The molecule has 1 aromatic heterocycles. The maximum atomic E-state index is 6.03. The van der Waals surface area contributed by atoms with Crippen molar-refractivity contribution >= 4 is 5.69 Å². The summed E-state index contributed by atoms with van der Waals surface area (Å²) in [5.74, 6) is 1.30. The van der Waals surface area contributed by atoms with E-state index in [1.165, 1.54) is 0 Å². The lowest BCUT2D eigenvalue weighted by Crippen LogP contribution is -1.97. The molecule has 0 saturated carbocycles. The largest absolute Gasteiger partial charge is 0.437 e. The van der Waals surface area contributed by atoms with Gasteiger partial charge in [-0.1, -0.05) is 19.1 Å². The summed E-state index contributed by atoms with van der Waals surface area (Å²) in [6.07, 6.45) is 0.784. The Labute approximate surface area is 112 Å². The molecule has 1 aromatic carbocycles. The van der Waals surface area contributed by atoms with Gasteiger partial charge in [-0.3, -0.25) is 0 Å². The van der Waals surface area contributed by atoms with Crippen LogP contribution in [0.5, 0.6) is 11.6 Å². The fraction of sp³-hybridized carbons (Fsp3) is 0.357. The summed E-state index contributed by atoms with van der Waals surface area (Å²) in [6, 6.07) is 7.73. The SMILES string of the molecule is CCc1nn(C)c(Oc2cccc(COC)c2)c1N. The molecule has 2 rings (SSSR count). The molecule has 0 atom stereocenters. The van der Waals surface area contributed by atoms with E-state index >= 15 is 0 Å². The van der Waals surface area contributed by atoms with Crippen LogP contribution < -0.4 is 10.5 Å². The molecular weight excluding hydrogens is 242 g/mol. The molecule has 2 aromatic rings. The molecule has 0 spiro atoms. The molecule has 5 heteroatoms. The fourth-order valence-corrected chi connectivity index (χ4v) is 1.94. The van der Waals surface area contributed by atoms with Crippen LogP contribution >= 0.6 is 0 Å². The maximum Gasteiger partial charge on any atom is 0.241 e. The summed E-state index contributed by atoms with van der Waals surface area (Å²) in [6.45, 7) is 2.57. The fourth-order valence-electron chi connectivity index (χ4n) is 1.94. The molecule has 0 saturated heterocycles. The molecule has 19 heavy (non-hydrogen) atoms. The number of aryl methyl sites for hydroxylation is 2. The number of hydrogen-bond donors (Lipinski definition) is 1. The van der Waals surface area contributed by atoms with E-state index < -0.39 is 0 Å². The van der Waals surface area contributed by atoms with Crippen molar-refractivity contribution in [3.63, 3.8) is 0 Å². The average Bonchev–Trinajstić information content (AvgIpc) is 2.67. The molecule has 1 heterocycles. The van der Waals surface area contributed by atoms with Crippen molar-refractivity contribution in [2.24, 2.45) is 7.05 Å². The van der Waals surface area contributed by atoms with Gasteiger partial charge in [0.1, 0.15) is 11.4 Å². The number of nitrogen functional groups attached to an aromatic ring is 1. The van der Waals surface area contributed by atoms with Crippen LogP contribution in [0.15, 0.2) is 24.3 Å². The van der Waals surface area contributed by atoms with Crippen molar-refractivity contribution in [2.45, 2.75) is 20.0 Å². The van der Waals surface area contributed by atoms with Gasteiger partial charge in [0.15, 0.2) is 0 Å². The second kappa shape index (κ2) is 5.75. The van der Waals surface area contributed by atoms with E-state index in [-0.39, 0.29) is 0 Å². The predicted molar refractivity (Wildman–Crippen MR) is 74.2 cm³/mol. The van der Waals surface area contributed by atoms with Crippen molar-refractivity contribution in [1.29, 1.82) is 0 Å². The van der Waals surface area contributed by atoms with Crippen molar-refractivity contribution in [1.82, 2.24) is 9.78 Å². The summed E-state index contributed by atoms with van der Waals surface area (Å²) < 4.78 is 12.6. The van der Waals surface area contributed by atoms with Gasteiger partial charge in [-0.2, -0.15) is 5.10 Å². The first-order valence-corrected chi connectivity index (χ1v) is 6.22. The van der Waals surface area contributed by atoms with Gasteiger partial charge in [0.05, 0.1) is 12.3 Å². The first-order chi connectivity index (χ1) is 9.15. The van der Waals surface area contributed by atoms with Crippen LogP contribution in [-0.2, 0) is 24.8 Å². The highest BCUT2D eigenvalue weighted by molar-refractivity contribution is 5.54. The van der Waals surface area contributed by atoms with E-state index in [1.54, 1.807) is 11.8 Å².